The highest BCUT2D eigenvalue weighted by molar-refractivity contribution is 5.45. The van der Waals surface area contributed by atoms with Gasteiger partial charge in [-0.25, -0.2) is 0 Å². The van der Waals surface area contributed by atoms with Gasteiger partial charge in [0.25, 0.3) is 0 Å². The normalized spacial score (nSPS) is 10.4. The monoisotopic (exact) mass is 232 g/mol. The Bertz CT molecular complexity index is 549. The SMILES string of the molecule is Oc1ccc(Cc2ccc(O)c(O)c2)c(O)c1. The quantitative estimate of drug-likeness (QED) is 0.598. The summed E-state index contributed by atoms with van der Waals surface area (Å²) < 4.78 is 0. The second-order valence-corrected chi connectivity index (χ2v) is 3.81. The van der Waals surface area contributed by atoms with Crippen LogP contribution in [0.5, 0.6) is 23.0 Å². The summed E-state index contributed by atoms with van der Waals surface area (Å²) in [5.74, 6) is -0.373. The summed E-state index contributed by atoms with van der Waals surface area (Å²) in [7, 11) is 0. The molecule has 0 bridgehead atoms. The lowest BCUT2D eigenvalue weighted by molar-refractivity contribution is 0.403. The molecule has 0 aliphatic heterocycles. The largest absolute Gasteiger partial charge is 0.508 e. The van der Waals surface area contributed by atoms with Crippen molar-refractivity contribution in [3.63, 3.8) is 0 Å². The molecule has 0 atom stereocenters. The zero-order chi connectivity index (χ0) is 12.4. The smallest absolute Gasteiger partial charge is 0.157 e. The Balaban J connectivity index is 2.28. The maximum atomic E-state index is 9.60. The first-order valence-electron chi connectivity index (χ1n) is 5.08. The van der Waals surface area contributed by atoms with Crippen LogP contribution in [0.15, 0.2) is 36.4 Å². The van der Waals surface area contributed by atoms with Crippen molar-refractivity contribution in [3.05, 3.63) is 47.5 Å². The van der Waals surface area contributed by atoms with Crippen molar-refractivity contribution in [1.29, 1.82) is 0 Å². The minimum absolute atomic E-state index is 0.000182. The summed E-state index contributed by atoms with van der Waals surface area (Å²) in [6, 6.07) is 8.82. The highest BCUT2D eigenvalue weighted by Crippen LogP contribution is 2.29. The lowest BCUT2D eigenvalue weighted by Gasteiger charge is -2.06. The molecule has 4 nitrogen and oxygen atoms in total. The van der Waals surface area contributed by atoms with Crippen LogP contribution in [0.3, 0.4) is 0 Å². The van der Waals surface area contributed by atoms with Gasteiger partial charge in [0.1, 0.15) is 11.5 Å². The highest BCUT2D eigenvalue weighted by atomic mass is 16.3. The Morgan fingerprint density at radius 3 is 2.12 bits per heavy atom. The maximum Gasteiger partial charge on any atom is 0.157 e. The average Bonchev–Trinajstić information content (AvgIpc) is 2.27. The van der Waals surface area contributed by atoms with Crippen LogP contribution < -0.4 is 0 Å². The van der Waals surface area contributed by atoms with E-state index in [4.69, 9.17) is 10.2 Å². The molecular formula is C13H12O4. The maximum absolute atomic E-state index is 9.60. The first-order chi connectivity index (χ1) is 8.06. The number of phenolic OH excluding ortho intramolecular Hbond substituents is 4. The minimum Gasteiger partial charge on any atom is -0.508 e. The number of benzene rings is 2. The van der Waals surface area contributed by atoms with Gasteiger partial charge in [-0.2, -0.15) is 0 Å². The van der Waals surface area contributed by atoms with Crippen molar-refractivity contribution < 1.29 is 20.4 Å². The van der Waals surface area contributed by atoms with Crippen LogP contribution in [-0.4, -0.2) is 20.4 Å². The first-order valence-corrected chi connectivity index (χ1v) is 5.08. The molecule has 0 aliphatic rings. The number of phenols is 4. The van der Waals surface area contributed by atoms with Gasteiger partial charge in [-0.1, -0.05) is 12.1 Å². The molecule has 0 aromatic heterocycles. The molecule has 4 N–H and O–H groups in total. The molecule has 2 aromatic carbocycles. The van der Waals surface area contributed by atoms with Gasteiger partial charge in [-0.05, 0) is 29.3 Å². The Kier molecular flexibility index (Phi) is 2.78. The van der Waals surface area contributed by atoms with Gasteiger partial charge in [0.15, 0.2) is 11.5 Å². The molecule has 0 aliphatic carbocycles. The number of aromatic hydroxyl groups is 4. The van der Waals surface area contributed by atoms with Crippen LogP contribution in [0.25, 0.3) is 0 Å². The van der Waals surface area contributed by atoms with Crippen LogP contribution in [-0.2, 0) is 6.42 Å². The second kappa shape index (κ2) is 4.25. The van der Waals surface area contributed by atoms with E-state index in [-0.39, 0.29) is 23.0 Å². The van der Waals surface area contributed by atoms with Gasteiger partial charge >= 0.3 is 0 Å². The third kappa shape index (κ3) is 2.42. The zero-order valence-electron chi connectivity index (χ0n) is 8.96. The molecule has 0 spiro atoms. The van der Waals surface area contributed by atoms with Gasteiger partial charge in [-0.3, -0.25) is 0 Å². The molecule has 0 unspecified atom stereocenters. The van der Waals surface area contributed by atoms with Crippen molar-refractivity contribution in [2.24, 2.45) is 0 Å². The van der Waals surface area contributed by atoms with E-state index >= 15 is 0 Å². The highest BCUT2D eigenvalue weighted by Gasteiger charge is 2.06. The fraction of sp³-hybridized carbons (Fsp3) is 0.0769. The number of rotatable bonds is 2. The first kappa shape index (κ1) is 11.1. The summed E-state index contributed by atoms with van der Waals surface area (Å²) in [4.78, 5) is 0. The lowest BCUT2D eigenvalue weighted by Crippen LogP contribution is -1.88. The van der Waals surface area contributed by atoms with Gasteiger partial charge in [0, 0.05) is 12.5 Å². The van der Waals surface area contributed by atoms with Crippen LogP contribution in [0.1, 0.15) is 11.1 Å². The van der Waals surface area contributed by atoms with Crippen molar-refractivity contribution in [2.75, 3.05) is 0 Å². The molecule has 0 amide bonds. The lowest BCUT2D eigenvalue weighted by atomic mass is 10.0. The number of hydrogen-bond donors (Lipinski definition) is 4. The van der Waals surface area contributed by atoms with Gasteiger partial charge in [-0.15, -0.1) is 0 Å². The summed E-state index contributed by atoms with van der Waals surface area (Å²) >= 11 is 0. The van der Waals surface area contributed by atoms with E-state index in [9.17, 15) is 10.2 Å². The van der Waals surface area contributed by atoms with Crippen LogP contribution in [0.4, 0.5) is 0 Å². The van der Waals surface area contributed by atoms with Crippen molar-refractivity contribution in [2.45, 2.75) is 6.42 Å². The van der Waals surface area contributed by atoms with Crippen LogP contribution in [0, 0.1) is 0 Å². The molecule has 2 rings (SSSR count). The molecule has 0 radical (unpaired) electrons. The van der Waals surface area contributed by atoms with E-state index in [0.717, 1.165) is 5.56 Å². The molecule has 0 fully saturated rings. The zero-order valence-corrected chi connectivity index (χ0v) is 8.96. The van der Waals surface area contributed by atoms with Crippen LogP contribution in [0.2, 0.25) is 0 Å². The van der Waals surface area contributed by atoms with Crippen LogP contribution >= 0.6 is 0 Å². The Labute approximate surface area is 98.0 Å². The van der Waals surface area contributed by atoms with Gasteiger partial charge in [0.2, 0.25) is 0 Å². The van der Waals surface area contributed by atoms with E-state index in [1.54, 1.807) is 12.1 Å². The predicted molar refractivity (Wildman–Crippen MR) is 62.3 cm³/mol. The molecule has 0 heterocycles. The molecule has 88 valence electrons. The van der Waals surface area contributed by atoms with Crippen molar-refractivity contribution in [1.82, 2.24) is 0 Å². The van der Waals surface area contributed by atoms with Gasteiger partial charge in [0.05, 0.1) is 0 Å². The average molecular weight is 232 g/mol. The fourth-order valence-electron chi connectivity index (χ4n) is 1.60. The molecule has 17 heavy (non-hydrogen) atoms. The van der Waals surface area contributed by atoms with E-state index in [1.165, 1.54) is 24.3 Å². The summed E-state index contributed by atoms with van der Waals surface area (Å²) in [6.07, 6.45) is 0.403. The summed E-state index contributed by atoms with van der Waals surface area (Å²) in [6.45, 7) is 0. The van der Waals surface area contributed by atoms with E-state index < -0.39 is 0 Å². The molecule has 2 aromatic rings. The van der Waals surface area contributed by atoms with E-state index in [0.29, 0.717) is 12.0 Å². The molecule has 0 saturated heterocycles. The number of hydrogen-bond acceptors (Lipinski definition) is 4. The molecule has 4 heteroatoms. The third-order valence-electron chi connectivity index (χ3n) is 2.50. The Hall–Kier alpha value is -2.36. The predicted octanol–water partition coefficient (Wildman–Crippen LogP) is 2.10. The van der Waals surface area contributed by atoms with E-state index in [1.807, 2.05) is 0 Å². The summed E-state index contributed by atoms with van der Waals surface area (Å²) in [5, 5.41) is 37.3. The minimum atomic E-state index is -0.194. The standard InChI is InChI=1S/C13H12O4/c14-10-3-2-9(12(16)7-10)5-8-1-4-11(15)13(17)6-8/h1-4,6-7,14-17H,5H2. The van der Waals surface area contributed by atoms with Crippen molar-refractivity contribution in [3.8, 4) is 23.0 Å². The third-order valence-corrected chi connectivity index (χ3v) is 2.50. The van der Waals surface area contributed by atoms with Gasteiger partial charge < -0.3 is 20.4 Å². The Morgan fingerprint density at radius 1 is 0.706 bits per heavy atom. The second-order valence-electron chi connectivity index (χ2n) is 3.81. The van der Waals surface area contributed by atoms with Crippen molar-refractivity contribution >= 4 is 0 Å². The summed E-state index contributed by atoms with van der Waals surface area (Å²) in [5.41, 5.74) is 1.38. The van der Waals surface area contributed by atoms with E-state index in [2.05, 4.69) is 0 Å². The Morgan fingerprint density at radius 2 is 1.47 bits per heavy atom. The topological polar surface area (TPSA) is 80.9 Å². The molecule has 0 saturated carbocycles. The molecular weight excluding hydrogens is 220 g/mol. The fourth-order valence-corrected chi connectivity index (χ4v) is 1.60.